The van der Waals surface area contributed by atoms with Crippen molar-refractivity contribution in [2.45, 2.75) is 23.0 Å². The summed E-state index contributed by atoms with van der Waals surface area (Å²) in [5, 5.41) is 13.7. The molecule has 2 heterocycles. The Morgan fingerprint density at radius 3 is 2.00 bits per heavy atom. The molecule has 0 spiro atoms. The number of alkyl halides is 5. The van der Waals surface area contributed by atoms with E-state index in [9.17, 15) is 22.7 Å². The maximum atomic E-state index is 16.6. The maximum absolute atomic E-state index is 16.6. The lowest BCUT2D eigenvalue weighted by atomic mass is 9.49. The summed E-state index contributed by atoms with van der Waals surface area (Å²) in [4.78, 5) is 7.72. The monoisotopic (exact) mass is 598 g/mol. The van der Waals surface area contributed by atoms with Gasteiger partial charge in [0.2, 0.25) is 0 Å². The van der Waals surface area contributed by atoms with Gasteiger partial charge in [0.1, 0.15) is 82.8 Å². The second kappa shape index (κ2) is 11.1. The molecule has 6 nitrogen and oxygen atoms in total. The number of aromatic nitrogens is 4. The first kappa shape index (κ1) is 32.3. The molecule has 218 valence electrons. The number of hydrogen-bond donors (Lipinski definition) is 1. The van der Waals surface area contributed by atoms with E-state index >= 15 is 13.2 Å². The molecule has 0 saturated carbocycles. The van der Waals surface area contributed by atoms with Crippen LogP contribution in [-0.2, 0) is 16.9 Å². The number of benzene rings is 2. The van der Waals surface area contributed by atoms with Crippen LogP contribution in [0.25, 0.3) is 11.1 Å². The number of nitrogens with zero attached hydrogens (tertiary/aromatic N) is 4. The van der Waals surface area contributed by atoms with Crippen LogP contribution in [0.1, 0.15) is 11.3 Å². The highest BCUT2D eigenvalue weighted by Crippen LogP contribution is 2.52. The molecule has 4 rings (SSSR count). The molecule has 2 aromatic carbocycles. The summed E-state index contributed by atoms with van der Waals surface area (Å²) in [6, 6.07) is 4.18. The van der Waals surface area contributed by atoms with Crippen LogP contribution >= 0.6 is 0 Å². The lowest BCUT2D eigenvalue weighted by molar-refractivity contribution is -0.219. The average molecular weight is 597 g/mol. The molecule has 0 aliphatic rings. The number of pyridine rings is 1. The molecule has 4 aromatic rings. The number of halogens is 7. The van der Waals surface area contributed by atoms with Crippen LogP contribution in [0, 0.1) is 11.6 Å². The van der Waals surface area contributed by atoms with Gasteiger partial charge in [-0.05, 0) is 23.3 Å². The van der Waals surface area contributed by atoms with Crippen molar-refractivity contribution in [1.29, 1.82) is 0 Å². The fraction of sp³-hybridized carbons (Fsp3) is 0.208. The third-order valence-corrected chi connectivity index (χ3v) is 7.96. The largest absolute Gasteiger partial charge is 0.485 e. The number of ether oxygens (including phenoxy) is 1. The van der Waals surface area contributed by atoms with Gasteiger partial charge in [0, 0.05) is 23.2 Å². The summed E-state index contributed by atoms with van der Waals surface area (Å²) in [6.07, 6.45) is -1.26. The molecule has 1 unspecified atom stereocenters. The van der Waals surface area contributed by atoms with Crippen molar-refractivity contribution in [3.63, 3.8) is 0 Å². The van der Waals surface area contributed by atoms with Gasteiger partial charge in [-0.15, -0.1) is 0 Å². The highest BCUT2D eigenvalue weighted by Gasteiger charge is 2.65. The lowest BCUT2D eigenvalue weighted by Gasteiger charge is -2.47. The van der Waals surface area contributed by atoms with E-state index in [2.05, 4.69) is 15.1 Å². The molecule has 1 N–H and O–H groups in total. The van der Waals surface area contributed by atoms with Crippen LogP contribution in [0.5, 0.6) is 5.75 Å². The molecule has 0 amide bonds. The molecule has 0 bridgehead atoms. The van der Waals surface area contributed by atoms with Crippen LogP contribution in [0.2, 0.25) is 0 Å². The lowest BCUT2D eigenvalue weighted by Crippen LogP contribution is -2.63. The summed E-state index contributed by atoms with van der Waals surface area (Å²) < 4.78 is 106. The van der Waals surface area contributed by atoms with Gasteiger partial charge in [-0.3, -0.25) is 9.67 Å². The van der Waals surface area contributed by atoms with E-state index in [1.165, 1.54) is 21.8 Å². The normalized spacial score (nSPS) is 14.0. The van der Waals surface area contributed by atoms with Crippen molar-refractivity contribution in [2.24, 2.45) is 0 Å². The fourth-order valence-corrected chi connectivity index (χ4v) is 5.32. The molecular weight excluding hydrogens is 574 g/mol. The summed E-state index contributed by atoms with van der Waals surface area (Å²) in [6.45, 7) is -1.47. The Morgan fingerprint density at radius 2 is 1.51 bits per heavy atom. The Kier molecular flexibility index (Phi) is 8.37. The molecule has 0 saturated heterocycles. The Morgan fingerprint density at radius 1 is 0.884 bits per heavy atom. The Balaban J connectivity index is 1.84. The van der Waals surface area contributed by atoms with Gasteiger partial charge < -0.3 is 9.84 Å². The van der Waals surface area contributed by atoms with E-state index < -0.39 is 52.5 Å². The molecule has 2 aromatic heterocycles. The predicted octanol–water partition coefficient (Wildman–Crippen LogP) is -3.85. The third-order valence-electron chi connectivity index (χ3n) is 7.96. The Hall–Kier alpha value is -3.61. The number of hydrogen-bond acceptors (Lipinski definition) is 5. The van der Waals surface area contributed by atoms with Crippen LogP contribution in [0.3, 0.4) is 0 Å². The van der Waals surface area contributed by atoms with E-state index in [0.717, 1.165) is 41.7 Å². The van der Waals surface area contributed by atoms with Crippen molar-refractivity contribution in [3.8, 4) is 16.9 Å². The van der Waals surface area contributed by atoms with E-state index in [1.54, 1.807) is 31.4 Å². The van der Waals surface area contributed by atoms with Crippen molar-refractivity contribution < 1.29 is 40.6 Å². The summed E-state index contributed by atoms with van der Waals surface area (Å²) in [7, 11) is 8.92. The van der Waals surface area contributed by atoms with Gasteiger partial charge in [0.25, 0.3) is 0 Å². The second-order valence-corrected chi connectivity index (χ2v) is 10.8. The molecule has 0 fully saturated rings. The zero-order valence-electron chi connectivity index (χ0n) is 24.1. The summed E-state index contributed by atoms with van der Waals surface area (Å²) in [5.74, 6) is -6.64. The summed E-state index contributed by atoms with van der Waals surface area (Å²) >= 11 is 0. The fourth-order valence-electron chi connectivity index (χ4n) is 5.32. The van der Waals surface area contributed by atoms with Gasteiger partial charge in [0.15, 0.2) is 12.2 Å². The SMILES string of the molecule is Bc1c(B)c(-c2ccc(C(F)(F)C(O)(c3ccc(F)cc3F)C(B)(B)n3cncn3)nc2)c(B)c(B)c1OCC(F)(F)F. The molecule has 0 aliphatic carbocycles. The Bertz CT molecular complexity index is 1630. The van der Waals surface area contributed by atoms with Gasteiger partial charge in [-0.2, -0.15) is 27.1 Å². The van der Waals surface area contributed by atoms with Gasteiger partial charge >= 0.3 is 12.1 Å². The van der Waals surface area contributed by atoms with Gasteiger partial charge in [-0.1, -0.05) is 34.0 Å². The minimum atomic E-state index is -4.54. The quantitative estimate of drug-likeness (QED) is 0.167. The second-order valence-electron chi connectivity index (χ2n) is 10.8. The summed E-state index contributed by atoms with van der Waals surface area (Å²) in [5.41, 5.74) is -2.27. The molecule has 1 atom stereocenters. The van der Waals surface area contributed by atoms with Crippen LogP contribution in [0.15, 0.2) is 49.2 Å². The van der Waals surface area contributed by atoms with Gasteiger partial charge in [0.05, 0.1) is 0 Å². The number of rotatable bonds is 8. The van der Waals surface area contributed by atoms with Crippen molar-refractivity contribution in [2.75, 3.05) is 6.61 Å². The maximum Gasteiger partial charge on any atom is 0.422 e. The highest BCUT2D eigenvalue weighted by molar-refractivity contribution is 6.61. The Labute approximate surface area is 247 Å². The zero-order chi connectivity index (χ0) is 32.1. The first-order valence-corrected chi connectivity index (χ1v) is 13.0. The topological polar surface area (TPSA) is 73.1 Å². The highest BCUT2D eigenvalue weighted by atomic mass is 19.4. The molecule has 0 radical (unpaired) electrons. The smallest absolute Gasteiger partial charge is 0.422 e. The van der Waals surface area contributed by atoms with Crippen LogP contribution in [-0.4, -0.2) is 84.7 Å². The number of aliphatic hydroxyl groups is 1. The van der Waals surface area contributed by atoms with Crippen LogP contribution < -0.4 is 26.6 Å². The molecular formula is C24H23B6F7N4O2. The molecule has 43 heavy (non-hydrogen) atoms. The van der Waals surface area contributed by atoms with E-state index in [4.69, 9.17) is 4.74 Å². The third kappa shape index (κ3) is 5.47. The van der Waals surface area contributed by atoms with E-state index in [0.29, 0.717) is 39.0 Å². The van der Waals surface area contributed by atoms with Crippen molar-refractivity contribution in [3.05, 3.63) is 72.1 Å². The van der Waals surface area contributed by atoms with Gasteiger partial charge in [-0.25, -0.2) is 13.8 Å². The average Bonchev–Trinajstić information content (AvgIpc) is 3.47. The van der Waals surface area contributed by atoms with E-state index in [-0.39, 0.29) is 5.75 Å². The first-order chi connectivity index (χ1) is 19.8. The molecule has 19 heteroatoms. The van der Waals surface area contributed by atoms with Crippen molar-refractivity contribution in [1.82, 2.24) is 19.7 Å². The zero-order valence-corrected chi connectivity index (χ0v) is 24.1. The first-order valence-electron chi connectivity index (χ1n) is 13.0. The van der Waals surface area contributed by atoms with E-state index in [1.807, 2.05) is 0 Å². The van der Waals surface area contributed by atoms with Crippen LogP contribution in [0.4, 0.5) is 30.7 Å². The predicted molar refractivity (Wildman–Crippen MR) is 163 cm³/mol. The minimum Gasteiger partial charge on any atom is -0.485 e. The molecule has 0 aliphatic heterocycles. The minimum absolute atomic E-state index is 0.0777. The van der Waals surface area contributed by atoms with Crippen molar-refractivity contribution >= 4 is 68.9 Å². The standard InChI is InChI=1S/C24H23B6F7N4O2/c25-16-15(17(26)19(28)20(18(16)27)43-7-21(33,34)35)10-1-4-14(39-6-10)23(36,37)22(42,12-3-2-11(31)5-13(12)32)24(29,30)41-9-38-8-40-41/h1-6,8-9,42H,7,25-30H2.